The lowest BCUT2D eigenvalue weighted by Gasteiger charge is -2.20. The van der Waals surface area contributed by atoms with Crippen molar-refractivity contribution in [2.45, 2.75) is 0 Å². The van der Waals surface area contributed by atoms with Crippen LogP contribution in [0.15, 0.2) is 66.8 Å². The van der Waals surface area contributed by atoms with E-state index >= 15 is 0 Å². The second-order valence-electron chi connectivity index (χ2n) is 4.79. The average molecular weight is 251 g/mol. The van der Waals surface area contributed by atoms with E-state index in [0.29, 0.717) is 16.8 Å². The number of benzene rings is 1. The Labute approximate surface area is 111 Å². The second kappa shape index (κ2) is 4.05. The molecule has 1 heterocycles. The van der Waals surface area contributed by atoms with Gasteiger partial charge in [-0.05, 0) is 23.3 Å². The minimum Gasteiger partial charge on any atom is -0.273 e. The fourth-order valence-electron chi connectivity index (χ4n) is 2.67. The molecule has 0 aromatic heterocycles. The topological polar surface area (TPSA) is 37.4 Å². The van der Waals surface area contributed by atoms with Gasteiger partial charge in [0.25, 0.3) is 0 Å². The molecule has 1 aromatic carbocycles. The van der Waals surface area contributed by atoms with Crippen LogP contribution < -0.4 is 4.90 Å². The van der Waals surface area contributed by atoms with Gasteiger partial charge in [-0.2, -0.15) is 0 Å². The fourth-order valence-corrected chi connectivity index (χ4v) is 2.67. The zero-order chi connectivity index (χ0) is 13.6. The van der Waals surface area contributed by atoms with Gasteiger partial charge in [0.1, 0.15) is 0 Å². The molecule has 0 bridgehead atoms. The lowest BCUT2D eigenvalue weighted by atomic mass is 9.79. The lowest BCUT2D eigenvalue weighted by molar-refractivity contribution is -0.122. The van der Waals surface area contributed by atoms with Gasteiger partial charge >= 0.3 is 0 Å². The second-order valence-corrected chi connectivity index (χ2v) is 4.79. The van der Waals surface area contributed by atoms with Crippen LogP contribution in [-0.4, -0.2) is 11.8 Å². The molecule has 0 saturated carbocycles. The van der Waals surface area contributed by atoms with Crippen LogP contribution in [-0.2, 0) is 9.59 Å². The summed E-state index contributed by atoms with van der Waals surface area (Å²) >= 11 is 0. The van der Waals surface area contributed by atoms with E-state index in [2.05, 4.69) is 13.2 Å². The molecule has 1 saturated heterocycles. The van der Waals surface area contributed by atoms with Gasteiger partial charge in [-0.15, -0.1) is 0 Å². The summed E-state index contributed by atoms with van der Waals surface area (Å²) in [5, 5.41) is 0. The summed E-state index contributed by atoms with van der Waals surface area (Å²) in [6.45, 7) is 7.75. The minimum atomic E-state index is -0.495. The Morgan fingerprint density at radius 3 is 1.79 bits per heavy atom. The van der Waals surface area contributed by atoms with Crippen LogP contribution in [0, 0.1) is 11.8 Å². The third kappa shape index (κ3) is 1.58. The van der Waals surface area contributed by atoms with Crippen molar-refractivity contribution in [3.05, 3.63) is 66.8 Å². The van der Waals surface area contributed by atoms with Gasteiger partial charge in [0.2, 0.25) is 11.8 Å². The molecule has 3 nitrogen and oxygen atoms in total. The van der Waals surface area contributed by atoms with Crippen LogP contribution in [0.1, 0.15) is 0 Å². The van der Waals surface area contributed by atoms with Gasteiger partial charge in [0.05, 0.1) is 17.5 Å². The molecule has 2 aliphatic rings. The van der Waals surface area contributed by atoms with E-state index in [4.69, 9.17) is 0 Å². The number of allylic oxidation sites excluding steroid dienone is 2. The molecule has 0 radical (unpaired) electrons. The average Bonchev–Trinajstić information content (AvgIpc) is 2.68. The Morgan fingerprint density at radius 1 is 0.842 bits per heavy atom. The third-order valence-electron chi connectivity index (χ3n) is 3.63. The first kappa shape index (κ1) is 11.7. The van der Waals surface area contributed by atoms with E-state index in [1.165, 1.54) is 4.90 Å². The number of fused-ring (bicyclic) bond motifs is 1. The first-order valence-electron chi connectivity index (χ1n) is 6.10. The highest BCUT2D eigenvalue weighted by atomic mass is 16.2. The zero-order valence-corrected chi connectivity index (χ0v) is 10.4. The predicted octanol–water partition coefficient (Wildman–Crippen LogP) is 2.47. The van der Waals surface area contributed by atoms with Crippen molar-refractivity contribution in [3.8, 4) is 0 Å². The number of imide groups is 1. The zero-order valence-electron chi connectivity index (χ0n) is 10.4. The monoisotopic (exact) mass is 251 g/mol. The summed E-state index contributed by atoms with van der Waals surface area (Å²) in [7, 11) is 0. The Hall–Kier alpha value is -2.42. The highest BCUT2D eigenvalue weighted by Crippen LogP contribution is 2.41. The Balaban J connectivity index is 2.08. The number of hydrogen-bond acceptors (Lipinski definition) is 2. The molecule has 1 fully saturated rings. The van der Waals surface area contributed by atoms with Crippen molar-refractivity contribution >= 4 is 17.5 Å². The maximum Gasteiger partial charge on any atom is 0.242 e. The first-order chi connectivity index (χ1) is 9.11. The third-order valence-corrected chi connectivity index (χ3v) is 3.63. The van der Waals surface area contributed by atoms with E-state index in [-0.39, 0.29) is 11.8 Å². The van der Waals surface area contributed by atoms with E-state index in [1.807, 2.05) is 6.07 Å². The van der Waals surface area contributed by atoms with Crippen molar-refractivity contribution in [2.75, 3.05) is 4.90 Å². The lowest BCUT2D eigenvalue weighted by Crippen LogP contribution is -2.30. The molecule has 19 heavy (non-hydrogen) atoms. The number of amides is 2. The highest BCUT2D eigenvalue weighted by molar-refractivity contribution is 6.24. The quantitative estimate of drug-likeness (QED) is 0.719. The molecule has 3 rings (SSSR count). The summed E-state index contributed by atoms with van der Waals surface area (Å²) < 4.78 is 0. The normalized spacial score (nSPS) is 26.0. The minimum absolute atomic E-state index is 0.211. The number of carbonyl (C=O) groups excluding carboxylic acids is 2. The molecular weight excluding hydrogens is 238 g/mol. The van der Waals surface area contributed by atoms with Gasteiger partial charge in [-0.25, -0.2) is 4.90 Å². The molecule has 3 heteroatoms. The van der Waals surface area contributed by atoms with E-state index in [0.717, 1.165) is 0 Å². The van der Waals surface area contributed by atoms with Crippen LogP contribution in [0.4, 0.5) is 5.69 Å². The predicted molar refractivity (Wildman–Crippen MR) is 73.3 cm³/mol. The maximum atomic E-state index is 12.5. The van der Waals surface area contributed by atoms with Crippen LogP contribution >= 0.6 is 0 Å². The molecule has 2 atom stereocenters. The first-order valence-corrected chi connectivity index (χ1v) is 6.10. The summed E-state index contributed by atoms with van der Waals surface area (Å²) in [5.74, 6) is -1.41. The summed E-state index contributed by atoms with van der Waals surface area (Å²) in [5.41, 5.74) is 1.95. The molecule has 1 aliphatic carbocycles. The molecule has 0 spiro atoms. The summed E-state index contributed by atoms with van der Waals surface area (Å²) in [6.07, 6.45) is 3.53. The van der Waals surface area contributed by atoms with Gasteiger partial charge in [-0.1, -0.05) is 43.5 Å². The molecule has 1 aliphatic heterocycles. The van der Waals surface area contributed by atoms with Crippen molar-refractivity contribution < 1.29 is 9.59 Å². The number of anilines is 1. The van der Waals surface area contributed by atoms with E-state index < -0.39 is 11.8 Å². The molecule has 0 unspecified atom stereocenters. The number of hydrogen-bond donors (Lipinski definition) is 0. The van der Waals surface area contributed by atoms with Crippen molar-refractivity contribution in [3.63, 3.8) is 0 Å². The molecule has 2 amide bonds. The van der Waals surface area contributed by atoms with Gasteiger partial charge < -0.3 is 0 Å². The van der Waals surface area contributed by atoms with Crippen LogP contribution in [0.25, 0.3) is 0 Å². The Bertz CT molecular complexity index is 591. The number of carbonyl (C=O) groups is 2. The fraction of sp³-hybridized carbons (Fsp3) is 0.125. The maximum absolute atomic E-state index is 12.5. The standard InChI is InChI=1S/C16H13NO2/c1-10-8-9-11(2)14-13(10)15(18)17(16(14)19)12-6-4-3-5-7-12/h3-9,13-14H,1-2H2/t13-,14+. The number of nitrogens with zero attached hydrogens (tertiary/aromatic N) is 1. The van der Waals surface area contributed by atoms with Crippen LogP contribution in [0.5, 0.6) is 0 Å². The van der Waals surface area contributed by atoms with Gasteiger partial charge in [0.15, 0.2) is 0 Å². The molecular formula is C16H13NO2. The van der Waals surface area contributed by atoms with Crippen molar-refractivity contribution in [2.24, 2.45) is 11.8 Å². The number of rotatable bonds is 1. The van der Waals surface area contributed by atoms with Crippen LogP contribution in [0.2, 0.25) is 0 Å². The van der Waals surface area contributed by atoms with E-state index in [1.54, 1.807) is 36.4 Å². The Kier molecular flexibility index (Phi) is 2.49. The summed E-state index contributed by atoms with van der Waals surface area (Å²) in [6, 6.07) is 8.97. The molecule has 94 valence electrons. The SMILES string of the molecule is C=C1C=CC(=C)[C@H]2C(=O)N(c3ccccc3)C(=O)[C@@H]12. The Morgan fingerprint density at radius 2 is 1.32 bits per heavy atom. The van der Waals surface area contributed by atoms with Gasteiger partial charge in [0, 0.05) is 0 Å². The molecule has 0 N–H and O–H groups in total. The number of para-hydroxylation sites is 1. The largest absolute Gasteiger partial charge is 0.273 e. The van der Waals surface area contributed by atoms with Crippen molar-refractivity contribution in [1.29, 1.82) is 0 Å². The van der Waals surface area contributed by atoms with E-state index in [9.17, 15) is 9.59 Å². The smallest absolute Gasteiger partial charge is 0.242 e. The highest BCUT2D eigenvalue weighted by Gasteiger charge is 2.50. The summed E-state index contributed by atoms with van der Waals surface area (Å²) in [4.78, 5) is 26.2. The molecule has 1 aromatic rings. The van der Waals surface area contributed by atoms with Gasteiger partial charge in [-0.3, -0.25) is 9.59 Å². The van der Waals surface area contributed by atoms with Crippen LogP contribution in [0.3, 0.4) is 0 Å². The van der Waals surface area contributed by atoms with Crippen molar-refractivity contribution in [1.82, 2.24) is 0 Å².